The second-order valence-electron chi connectivity index (χ2n) is 10.6. The maximum Gasteiger partial charge on any atom is 0.436 e. The molecule has 2 fully saturated rings. The number of carbonyl (C=O) groups is 3. The number of benzene rings is 1. The summed E-state index contributed by atoms with van der Waals surface area (Å²) in [5, 5.41) is 13.3. The molecule has 1 N–H and O–H groups in total. The van der Waals surface area contributed by atoms with E-state index in [1.165, 1.54) is 12.1 Å². The number of ketones is 1. The molecule has 8 nitrogen and oxygen atoms in total. The Kier molecular flexibility index (Phi) is 8.51. The standard InChI is InChI=1S/C26H28Cl2F3N3O5/c1-25(10-3-11-25)14-33(13-19(35)21-17(27)4-2-5-18(21)28)24(38)39-20-12-32-34(22(20)26(29,30)31)16-8-6-15(7-9-16)23(36)37/h2,4-5,12,15-16H,3,6-11,13-14H2,1H3,(H,36,37). The van der Waals surface area contributed by atoms with Gasteiger partial charge >= 0.3 is 18.2 Å². The highest BCUT2D eigenvalue weighted by Crippen LogP contribution is 2.43. The zero-order chi connectivity index (χ0) is 28.5. The third-order valence-electron chi connectivity index (χ3n) is 7.59. The van der Waals surface area contributed by atoms with Gasteiger partial charge < -0.3 is 9.84 Å². The van der Waals surface area contributed by atoms with Gasteiger partial charge in [0.15, 0.2) is 17.2 Å². The summed E-state index contributed by atoms with van der Waals surface area (Å²) in [7, 11) is 0. The maximum atomic E-state index is 14.2. The Bertz CT molecular complexity index is 1230. The molecule has 0 aliphatic heterocycles. The third-order valence-corrected chi connectivity index (χ3v) is 8.22. The summed E-state index contributed by atoms with van der Waals surface area (Å²) in [5.74, 6) is -2.95. The summed E-state index contributed by atoms with van der Waals surface area (Å²) in [6.45, 7) is 1.53. The molecule has 0 spiro atoms. The summed E-state index contributed by atoms with van der Waals surface area (Å²) >= 11 is 12.3. The fourth-order valence-corrected chi connectivity index (χ4v) is 5.90. The number of rotatable bonds is 8. The van der Waals surface area contributed by atoms with Crippen LogP contribution in [0.5, 0.6) is 5.75 Å². The van der Waals surface area contributed by atoms with Gasteiger partial charge in [0.2, 0.25) is 0 Å². The molecule has 1 amide bonds. The predicted molar refractivity (Wildman–Crippen MR) is 136 cm³/mol. The van der Waals surface area contributed by atoms with Crippen LogP contribution in [-0.2, 0) is 11.0 Å². The lowest BCUT2D eigenvalue weighted by Crippen LogP contribution is -2.46. The number of halogens is 5. The minimum Gasteiger partial charge on any atom is -0.481 e. The quantitative estimate of drug-likeness (QED) is 0.336. The first-order valence-corrected chi connectivity index (χ1v) is 13.4. The van der Waals surface area contributed by atoms with Crippen LogP contribution in [0.1, 0.15) is 74.0 Å². The first-order chi connectivity index (χ1) is 18.3. The molecule has 0 atom stereocenters. The van der Waals surface area contributed by atoms with E-state index in [0.29, 0.717) is 0 Å². The van der Waals surface area contributed by atoms with Gasteiger partial charge in [0.1, 0.15) is 0 Å². The maximum absolute atomic E-state index is 14.2. The number of carboxylic acid groups (broad SMARTS) is 1. The lowest BCUT2D eigenvalue weighted by Gasteiger charge is -2.41. The molecular formula is C26H28Cl2F3N3O5. The molecule has 0 bridgehead atoms. The fraction of sp³-hybridized carbons (Fsp3) is 0.538. The van der Waals surface area contributed by atoms with E-state index in [4.69, 9.17) is 27.9 Å². The van der Waals surface area contributed by atoms with Crippen molar-refractivity contribution < 1.29 is 37.4 Å². The number of nitrogens with zero attached hydrogens (tertiary/aromatic N) is 3. The van der Waals surface area contributed by atoms with Crippen molar-refractivity contribution in [3.8, 4) is 5.75 Å². The van der Waals surface area contributed by atoms with E-state index < -0.39 is 54.0 Å². The number of carboxylic acids is 1. The van der Waals surface area contributed by atoms with E-state index in [-0.39, 0.29) is 53.3 Å². The number of aliphatic carboxylic acids is 1. The average molecular weight is 590 g/mol. The molecule has 2 aromatic rings. The summed E-state index contributed by atoms with van der Waals surface area (Å²) in [4.78, 5) is 38.7. The van der Waals surface area contributed by atoms with Crippen molar-refractivity contribution in [3.63, 3.8) is 0 Å². The van der Waals surface area contributed by atoms with Crippen molar-refractivity contribution in [2.75, 3.05) is 13.1 Å². The van der Waals surface area contributed by atoms with Gasteiger partial charge in [-0.05, 0) is 56.1 Å². The van der Waals surface area contributed by atoms with Gasteiger partial charge in [-0.3, -0.25) is 19.2 Å². The molecule has 0 radical (unpaired) electrons. The Morgan fingerprint density at radius 1 is 1.15 bits per heavy atom. The van der Waals surface area contributed by atoms with Crippen molar-refractivity contribution in [3.05, 3.63) is 45.7 Å². The van der Waals surface area contributed by atoms with E-state index in [1.54, 1.807) is 6.07 Å². The zero-order valence-corrected chi connectivity index (χ0v) is 22.7. The largest absolute Gasteiger partial charge is 0.481 e. The molecule has 1 aromatic heterocycles. The van der Waals surface area contributed by atoms with Crippen LogP contribution < -0.4 is 4.74 Å². The molecule has 0 saturated heterocycles. The second kappa shape index (κ2) is 11.4. The van der Waals surface area contributed by atoms with E-state index in [0.717, 1.165) is 35.0 Å². The van der Waals surface area contributed by atoms with Crippen molar-refractivity contribution in [1.29, 1.82) is 0 Å². The highest BCUT2D eigenvalue weighted by molar-refractivity contribution is 6.40. The monoisotopic (exact) mass is 589 g/mol. The number of alkyl halides is 3. The van der Waals surface area contributed by atoms with E-state index in [9.17, 15) is 32.7 Å². The Morgan fingerprint density at radius 2 is 1.77 bits per heavy atom. The number of carbonyl (C=O) groups excluding carboxylic acids is 2. The number of hydrogen-bond donors (Lipinski definition) is 1. The van der Waals surface area contributed by atoms with Gasteiger partial charge in [0, 0.05) is 6.54 Å². The average Bonchev–Trinajstić information content (AvgIpc) is 3.26. The summed E-state index contributed by atoms with van der Waals surface area (Å²) in [6, 6.07) is 3.82. The predicted octanol–water partition coefficient (Wildman–Crippen LogP) is 6.90. The number of amides is 1. The molecule has 0 unspecified atom stereocenters. The molecule has 2 aliphatic carbocycles. The molecule has 212 valence electrons. The van der Waals surface area contributed by atoms with Gasteiger partial charge in [-0.25, -0.2) is 4.79 Å². The molecule has 39 heavy (non-hydrogen) atoms. The van der Waals surface area contributed by atoms with Crippen LogP contribution in [0.3, 0.4) is 0 Å². The summed E-state index contributed by atoms with van der Waals surface area (Å²) < 4.78 is 48.5. The highest BCUT2D eigenvalue weighted by Gasteiger charge is 2.43. The number of ether oxygens (including phenoxy) is 1. The molecule has 4 rings (SSSR count). The second-order valence-corrected chi connectivity index (χ2v) is 11.4. The fourth-order valence-electron chi connectivity index (χ4n) is 5.29. The molecule has 2 saturated carbocycles. The molecular weight excluding hydrogens is 562 g/mol. The van der Waals surface area contributed by atoms with Crippen LogP contribution >= 0.6 is 23.2 Å². The van der Waals surface area contributed by atoms with Crippen molar-refractivity contribution in [1.82, 2.24) is 14.7 Å². The smallest absolute Gasteiger partial charge is 0.436 e. The topological polar surface area (TPSA) is 102 Å². The van der Waals surface area contributed by atoms with Crippen molar-refractivity contribution >= 4 is 41.0 Å². The van der Waals surface area contributed by atoms with Gasteiger partial charge in [0.25, 0.3) is 0 Å². The van der Waals surface area contributed by atoms with Crippen LogP contribution in [0, 0.1) is 11.3 Å². The summed E-state index contributed by atoms with van der Waals surface area (Å²) in [6.07, 6.45) is -1.90. The van der Waals surface area contributed by atoms with Gasteiger partial charge in [-0.1, -0.05) is 42.6 Å². The Hall–Kier alpha value is -2.79. The van der Waals surface area contributed by atoms with Crippen LogP contribution in [0.2, 0.25) is 10.0 Å². The van der Waals surface area contributed by atoms with Crippen LogP contribution in [0.15, 0.2) is 24.4 Å². The number of aromatic nitrogens is 2. The molecule has 2 aliphatic rings. The Labute approximate surface area is 233 Å². The van der Waals surface area contributed by atoms with Gasteiger partial charge in [-0.15, -0.1) is 0 Å². The Morgan fingerprint density at radius 3 is 2.28 bits per heavy atom. The van der Waals surface area contributed by atoms with Crippen LogP contribution in [-0.4, -0.2) is 50.7 Å². The van der Waals surface area contributed by atoms with Gasteiger partial charge in [-0.2, -0.15) is 18.3 Å². The van der Waals surface area contributed by atoms with E-state index >= 15 is 0 Å². The van der Waals surface area contributed by atoms with Crippen molar-refractivity contribution in [2.45, 2.75) is 64.1 Å². The lowest BCUT2D eigenvalue weighted by atomic mass is 9.70. The third kappa shape index (κ3) is 6.51. The summed E-state index contributed by atoms with van der Waals surface area (Å²) in [5.41, 5.74) is -1.54. The Balaban J connectivity index is 1.58. The molecule has 1 aromatic carbocycles. The first-order valence-electron chi connectivity index (χ1n) is 12.6. The van der Waals surface area contributed by atoms with Crippen molar-refractivity contribution in [2.24, 2.45) is 11.3 Å². The normalized spacial score (nSPS) is 20.7. The van der Waals surface area contributed by atoms with Gasteiger partial charge in [0.05, 0.1) is 40.3 Å². The lowest BCUT2D eigenvalue weighted by molar-refractivity contribution is -0.148. The molecule has 13 heteroatoms. The van der Waals surface area contributed by atoms with Crippen LogP contribution in [0.25, 0.3) is 0 Å². The minimum absolute atomic E-state index is 0.0122. The first kappa shape index (κ1) is 29.2. The minimum atomic E-state index is -4.90. The van der Waals surface area contributed by atoms with E-state index in [2.05, 4.69) is 5.10 Å². The molecule has 1 heterocycles. The van der Waals surface area contributed by atoms with E-state index in [1.807, 2.05) is 6.92 Å². The zero-order valence-electron chi connectivity index (χ0n) is 21.1. The number of Topliss-reactive ketones (excluding diaryl/α,β-unsaturated/α-hetero) is 1. The highest BCUT2D eigenvalue weighted by atomic mass is 35.5. The SMILES string of the molecule is CC1(CN(CC(=O)c2c(Cl)cccc2Cl)C(=O)Oc2cnn(C3CCC(C(=O)O)CC3)c2C(F)(F)F)CCC1. The number of hydrogen-bond acceptors (Lipinski definition) is 5. The van der Waals surface area contributed by atoms with Crippen LogP contribution in [0.4, 0.5) is 18.0 Å².